The highest BCUT2D eigenvalue weighted by atomic mass is 79.9. The van der Waals surface area contributed by atoms with Crippen molar-refractivity contribution in [2.45, 2.75) is 19.4 Å². The Morgan fingerprint density at radius 3 is 2.48 bits per heavy atom. The van der Waals surface area contributed by atoms with Crippen molar-refractivity contribution >= 4 is 50.1 Å². The summed E-state index contributed by atoms with van der Waals surface area (Å²) in [4.78, 5) is 24.2. The molecule has 0 spiro atoms. The summed E-state index contributed by atoms with van der Waals surface area (Å²) in [6.45, 7) is 5.96. The number of hydrazone groups is 1. The van der Waals surface area contributed by atoms with Gasteiger partial charge in [0.25, 0.3) is 0 Å². The van der Waals surface area contributed by atoms with Crippen LogP contribution in [0, 0.1) is 0 Å². The smallest absolute Gasteiger partial charge is 0.407 e. The predicted molar refractivity (Wildman–Crippen MR) is 127 cm³/mol. The van der Waals surface area contributed by atoms with Crippen LogP contribution < -0.4 is 15.5 Å². The van der Waals surface area contributed by atoms with Crippen molar-refractivity contribution in [2.75, 3.05) is 13.2 Å². The summed E-state index contributed by atoms with van der Waals surface area (Å²) in [7, 11) is 0. The van der Waals surface area contributed by atoms with Crippen LogP contribution in [-0.4, -0.2) is 31.4 Å². The van der Waals surface area contributed by atoms with Crippen molar-refractivity contribution in [3.8, 4) is 5.75 Å². The fraction of sp³-hybridized carbons (Fsp3) is 0.227. The molecule has 9 heteroatoms. The molecule has 0 saturated carbocycles. The zero-order chi connectivity index (χ0) is 22.6. The van der Waals surface area contributed by atoms with Crippen LogP contribution in [0.25, 0.3) is 0 Å². The van der Waals surface area contributed by atoms with Gasteiger partial charge in [-0.05, 0) is 62.0 Å². The van der Waals surface area contributed by atoms with E-state index in [1.54, 1.807) is 13.0 Å². The maximum atomic E-state index is 12.4. The molecule has 2 amide bonds. The molecule has 0 bridgehead atoms. The van der Waals surface area contributed by atoms with Crippen molar-refractivity contribution in [1.82, 2.24) is 10.7 Å². The third-order valence-electron chi connectivity index (χ3n) is 3.93. The molecule has 0 radical (unpaired) electrons. The lowest BCUT2D eigenvalue weighted by Crippen LogP contribution is -2.33. The predicted octanol–water partition coefficient (Wildman–Crippen LogP) is 5.10. The summed E-state index contributed by atoms with van der Waals surface area (Å²) in [5.41, 5.74) is 4.02. The van der Waals surface area contributed by atoms with Gasteiger partial charge in [0.2, 0.25) is 5.91 Å². The van der Waals surface area contributed by atoms with Gasteiger partial charge < -0.3 is 14.8 Å². The van der Waals surface area contributed by atoms with Crippen LogP contribution in [0.5, 0.6) is 5.75 Å². The van der Waals surface area contributed by atoms with Gasteiger partial charge in [-0.15, -0.1) is 0 Å². The second kappa shape index (κ2) is 12.9. The molecule has 2 N–H and O–H groups in total. The van der Waals surface area contributed by atoms with E-state index in [-0.39, 0.29) is 18.9 Å². The first-order valence-electron chi connectivity index (χ1n) is 9.47. The Labute approximate surface area is 198 Å². The molecule has 0 fully saturated rings. The molecule has 0 aliphatic heterocycles. The molecule has 1 atom stereocenters. The number of nitrogens with zero attached hydrogens (tertiary/aromatic N) is 1. The van der Waals surface area contributed by atoms with E-state index in [9.17, 15) is 9.59 Å². The summed E-state index contributed by atoms with van der Waals surface area (Å²) in [5.74, 6) is 0.294. The number of rotatable bonds is 10. The maximum Gasteiger partial charge on any atom is 0.407 e. The monoisotopic (exact) mass is 551 g/mol. The third-order valence-corrected chi connectivity index (χ3v) is 5.11. The minimum Gasteiger partial charge on any atom is -0.487 e. The van der Waals surface area contributed by atoms with E-state index in [0.29, 0.717) is 12.4 Å². The Hall–Kier alpha value is -2.65. The second-order valence-corrected chi connectivity index (χ2v) is 7.95. The number of carbonyl (C=O) groups is 2. The molecule has 2 rings (SSSR count). The van der Waals surface area contributed by atoms with E-state index in [4.69, 9.17) is 9.47 Å². The Morgan fingerprint density at radius 1 is 1.19 bits per heavy atom. The molecule has 0 aliphatic carbocycles. The quantitative estimate of drug-likeness (QED) is 0.244. The van der Waals surface area contributed by atoms with Crippen LogP contribution in [-0.2, 0) is 9.53 Å². The summed E-state index contributed by atoms with van der Waals surface area (Å²) in [6, 6.07) is 12.3. The number of carbonyl (C=O) groups excluding carboxylic acids is 2. The lowest BCUT2D eigenvalue weighted by atomic mass is 10.0. The van der Waals surface area contributed by atoms with Crippen molar-refractivity contribution in [1.29, 1.82) is 0 Å². The molecular formula is C22H23Br2N3O4. The summed E-state index contributed by atoms with van der Waals surface area (Å²) < 4.78 is 12.0. The van der Waals surface area contributed by atoms with Crippen molar-refractivity contribution in [2.24, 2.45) is 5.10 Å². The van der Waals surface area contributed by atoms with Crippen molar-refractivity contribution in [3.63, 3.8) is 0 Å². The van der Waals surface area contributed by atoms with Gasteiger partial charge in [-0.3, -0.25) is 4.79 Å². The average Bonchev–Trinajstić information content (AvgIpc) is 2.73. The van der Waals surface area contributed by atoms with Crippen LogP contribution in [0.4, 0.5) is 4.79 Å². The topological polar surface area (TPSA) is 89.0 Å². The van der Waals surface area contributed by atoms with E-state index in [1.165, 1.54) is 6.21 Å². The minimum absolute atomic E-state index is 0.00187. The standard InChI is InChI=1S/C22H23Br2N3O4/c1-3-10-31-21-17(23)11-15(12-18(21)24)14-25-27-20(28)13-19(26-22(29)30-4-2)16-8-6-5-7-9-16/h3,5-9,11-12,14,19H,1,4,10,13H2,2H3,(H,26,29)(H,27,28)/b25-14-/t19-/m0/s1. The molecule has 7 nitrogen and oxygen atoms in total. The van der Waals surface area contributed by atoms with E-state index in [1.807, 2.05) is 42.5 Å². The van der Waals surface area contributed by atoms with Gasteiger partial charge >= 0.3 is 6.09 Å². The lowest BCUT2D eigenvalue weighted by molar-refractivity contribution is -0.121. The van der Waals surface area contributed by atoms with Gasteiger partial charge in [0.05, 0.1) is 34.2 Å². The number of hydrogen-bond acceptors (Lipinski definition) is 5. The second-order valence-electron chi connectivity index (χ2n) is 6.24. The highest BCUT2D eigenvalue weighted by molar-refractivity contribution is 9.11. The first-order valence-corrected chi connectivity index (χ1v) is 11.1. The lowest BCUT2D eigenvalue weighted by Gasteiger charge is -2.18. The maximum absolute atomic E-state index is 12.4. The van der Waals surface area contributed by atoms with Crippen molar-refractivity contribution < 1.29 is 19.1 Å². The van der Waals surface area contributed by atoms with Crippen LogP contribution in [0.2, 0.25) is 0 Å². The molecule has 0 aromatic heterocycles. The number of benzene rings is 2. The van der Waals surface area contributed by atoms with E-state index < -0.39 is 12.1 Å². The van der Waals surface area contributed by atoms with Crippen LogP contribution in [0.3, 0.4) is 0 Å². The Morgan fingerprint density at radius 2 is 1.87 bits per heavy atom. The summed E-state index contributed by atoms with van der Waals surface area (Å²) in [6.07, 6.45) is 2.59. The number of hydrogen-bond donors (Lipinski definition) is 2. The zero-order valence-corrected chi connectivity index (χ0v) is 20.1. The van der Waals surface area contributed by atoms with E-state index in [0.717, 1.165) is 20.1 Å². The zero-order valence-electron chi connectivity index (χ0n) is 16.9. The molecule has 2 aromatic carbocycles. The first kappa shape index (κ1) is 24.6. The Bertz CT molecular complexity index is 913. The molecule has 31 heavy (non-hydrogen) atoms. The fourth-order valence-corrected chi connectivity index (χ4v) is 4.05. The van der Waals surface area contributed by atoms with Gasteiger partial charge in [0.1, 0.15) is 12.4 Å². The van der Waals surface area contributed by atoms with Crippen LogP contribution in [0.15, 0.2) is 69.2 Å². The number of amides is 2. The van der Waals surface area contributed by atoms with Crippen LogP contribution in [0.1, 0.15) is 30.5 Å². The van der Waals surface area contributed by atoms with Crippen LogP contribution >= 0.6 is 31.9 Å². The third kappa shape index (κ3) is 8.18. The van der Waals surface area contributed by atoms with Crippen molar-refractivity contribution in [3.05, 3.63) is 75.2 Å². The molecule has 0 saturated heterocycles. The minimum atomic E-state index is -0.582. The molecule has 0 unspecified atom stereocenters. The molecule has 164 valence electrons. The summed E-state index contributed by atoms with van der Waals surface area (Å²) in [5, 5.41) is 6.71. The number of nitrogens with one attached hydrogen (secondary N) is 2. The summed E-state index contributed by atoms with van der Waals surface area (Å²) >= 11 is 6.91. The van der Waals surface area contributed by atoms with Gasteiger partial charge in [-0.2, -0.15) is 5.10 Å². The fourth-order valence-electron chi connectivity index (χ4n) is 2.60. The number of ether oxygens (including phenoxy) is 2. The highest BCUT2D eigenvalue weighted by Gasteiger charge is 2.18. The normalized spacial score (nSPS) is 11.6. The van der Waals surface area contributed by atoms with Gasteiger partial charge in [0.15, 0.2) is 0 Å². The largest absolute Gasteiger partial charge is 0.487 e. The Kier molecular flexibility index (Phi) is 10.3. The molecule has 0 aliphatic rings. The number of alkyl carbamates (subject to hydrolysis) is 1. The highest BCUT2D eigenvalue weighted by Crippen LogP contribution is 2.34. The van der Waals surface area contributed by atoms with E-state index in [2.05, 4.69) is 54.3 Å². The average molecular weight is 553 g/mol. The number of halogens is 2. The first-order chi connectivity index (χ1) is 14.9. The van der Waals surface area contributed by atoms with Gasteiger partial charge in [-0.1, -0.05) is 43.0 Å². The molecule has 2 aromatic rings. The molecular weight excluding hydrogens is 530 g/mol. The van der Waals surface area contributed by atoms with Gasteiger partial charge in [-0.25, -0.2) is 10.2 Å². The van der Waals surface area contributed by atoms with E-state index >= 15 is 0 Å². The van der Waals surface area contributed by atoms with Gasteiger partial charge in [0, 0.05) is 0 Å². The SMILES string of the molecule is C=CCOc1c(Br)cc(/C=N\NC(=O)C[C@H](NC(=O)OCC)c2ccccc2)cc1Br. The Balaban J connectivity index is 2.02. The molecule has 0 heterocycles.